The van der Waals surface area contributed by atoms with Crippen LogP contribution in [0, 0.1) is 11.7 Å². The Balaban J connectivity index is 1.40. The fourth-order valence-corrected chi connectivity index (χ4v) is 3.94. The average Bonchev–Trinajstić information content (AvgIpc) is 3.66. The number of benzene rings is 1. The maximum Gasteiger partial charge on any atom is 0.225 e. The Bertz CT molecular complexity index is 1060. The highest BCUT2D eigenvalue weighted by atomic mass is 19.1. The maximum atomic E-state index is 13.2. The zero-order valence-electron chi connectivity index (χ0n) is 17.1. The Morgan fingerprint density at radius 2 is 1.81 bits per heavy atom. The van der Waals surface area contributed by atoms with Gasteiger partial charge in [-0.1, -0.05) is 0 Å². The monoisotopic (exact) mass is 418 g/mol. The number of ether oxygens (including phenoxy) is 1. The standard InChI is InChI=1S/C24H23FN4O2/c25-19-5-7-20(8-6-19)31-22-14-21(27-23(28-22)18-2-1-11-26-15-18)16-9-12-29(13-10-16)24(30)17-3-4-17/h1-2,5-8,11,14-17H,3-4,9-10,12-13H2. The van der Waals surface area contributed by atoms with Gasteiger partial charge >= 0.3 is 0 Å². The van der Waals surface area contributed by atoms with E-state index in [1.54, 1.807) is 24.5 Å². The van der Waals surface area contributed by atoms with Gasteiger partial charge in [0.25, 0.3) is 0 Å². The second-order valence-corrected chi connectivity index (χ2v) is 8.13. The van der Waals surface area contributed by atoms with Gasteiger partial charge in [-0.2, -0.15) is 4.98 Å². The summed E-state index contributed by atoms with van der Waals surface area (Å²) in [6.45, 7) is 1.50. The van der Waals surface area contributed by atoms with E-state index in [4.69, 9.17) is 9.72 Å². The van der Waals surface area contributed by atoms with Crippen molar-refractivity contribution >= 4 is 5.91 Å². The van der Waals surface area contributed by atoms with Gasteiger partial charge in [0.05, 0.1) is 5.69 Å². The molecule has 1 saturated heterocycles. The summed E-state index contributed by atoms with van der Waals surface area (Å²) in [5.41, 5.74) is 1.69. The molecule has 6 nitrogen and oxygen atoms in total. The van der Waals surface area contributed by atoms with Crippen LogP contribution in [0.1, 0.15) is 37.3 Å². The van der Waals surface area contributed by atoms with Gasteiger partial charge in [-0.3, -0.25) is 9.78 Å². The summed E-state index contributed by atoms with van der Waals surface area (Å²) in [6, 6.07) is 11.5. The molecule has 5 rings (SSSR count). The van der Waals surface area contributed by atoms with E-state index in [1.165, 1.54) is 12.1 Å². The van der Waals surface area contributed by atoms with Gasteiger partial charge in [0, 0.05) is 48.9 Å². The van der Waals surface area contributed by atoms with Gasteiger partial charge in [0.1, 0.15) is 11.6 Å². The third-order valence-electron chi connectivity index (χ3n) is 5.83. The summed E-state index contributed by atoms with van der Waals surface area (Å²) in [5.74, 6) is 1.91. The van der Waals surface area contributed by atoms with E-state index in [9.17, 15) is 9.18 Å². The number of likely N-dealkylation sites (tertiary alicyclic amines) is 1. The summed E-state index contributed by atoms with van der Waals surface area (Å²) in [5, 5.41) is 0. The van der Waals surface area contributed by atoms with Gasteiger partial charge in [-0.25, -0.2) is 9.37 Å². The maximum absolute atomic E-state index is 13.2. The molecule has 0 N–H and O–H groups in total. The Labute approximate surface area is 180 Å². The lowest BCUT2D eigenvalue weighted by Crippen LogP contribution is -2.38. The first-order valence-electron chi connectivity index (χ1n) is 10.7. The number of piperidine rings is 1. The molecule has 1 aromatic carbocycles. The van der Waals surface area contributed by atoms with Crippen LogP contribution >= 0.6 is 0 Å². The summed E-state index contributed by atoms with van der Waals surface area (Å²) < 4.78 is 19.2. The van der Waals surface area contributed by atoms with E-state index in [-0.39, 0.29) is 17.7 Å². The molecule has 3 aromatic rings. The second-order valence-electron chi connectivity index (χ2n) is 8.13. The fraction of sp³-hybridized carbons (Fsp3) is 0.333. The molecule has 2 fully saturated rings. The van der Waals surface area contributed by atoms with Crippen molar-refractivity contribution < 1.29 is 13.9 Å². The van der Waals surface area contributed by atoms with Crippen molar-refractivity contribution in [2.24, 2.45) is 5.92 Å². The molecule has 1 saturated carbocycles. The number of aromatic nitrogens is 3. The average molecular weight is 418 g/mol. The highest BCUT2D eigenvalue weighted by Crippen LogP contribution is 2.35. The zero-order chi connectivity index (χ0) is 21.2. The molecule has 0 radical (unpaired) electrons. The van der Waals surface area contributed by atoms with Crippen LogP contribution in [0.25, 0.3) is 11.4 Å². The van der Waals surface area contributed by atoms with Gasteiger partial charge in [0.2, 0.25) is 11.8 Å². The van der Waals surface area contributed by atoms with E-state index in [1.807, 2.05) is 23.1 Å². The molecular weight excluding hydrogens is 395 g/mol. The number of pyridine rings is 1. The van der Waals surface area contributed by atoms with Crippen LogP contribution in [0.15, 0.2) is 54.9 Å². The predicted octanol–water partition coefficient (Wildman–Crippen LogP) is 4.59. The van der Waals surface area contributed by atoms with Crippen molar-refractivity contribution in [2.45, 2.75) is 31.6 Å². The van der Waals surface area contributed by atoms with Crippen molar-refractivity contribution in [3.63, 3.8) is 0 Å². The van der Waals surface area contributed by atoms with Crippen molar-refractivity contribution in [2.75, 3.05) is 13.1 Å². The van der Waals surface area contributed by atoms with Crippen LogP contribution < -0.4 is 4.74 Å². The fourth-order valence-electron chi connectivity index (χ4n) is 3.94. The van der Waals surface area contributed by atoms with Crippen molar-refractivity contribution in [1.29, 1.82) is 0 Å². The molecule has 0 spiro atoms. The molecule has 2 aliphatic rings. The Morgan fingerprint density at radius 3 is 2.48 bits per heavy atom. The topological polar surface area (TPSA) is 68.2 Å². The SMILES string of the molecule is O=C(C1CC1)N1CCC(c2cc(Oc3ccc(F)cc3)nc(-c3cccnc3)n2)CC1. The largest absolute Gasteiger partial charge is 0.439 e. The van der Waals surface area contributed by atoms with E-state index in [0.29, 0.717) is 23.4 Å². The smallest absolute Gasteiger partial charge is 0.225 e. The van der Waals surface area contributed by atoms with Gasteiger partial charge in [0.15, 0.2) is 5.82 Å². The molecule has 1 aliphatic carbocycles. The zero-order valence-corrected chi connectivity index (χ0v) is 17.1. The molecular formula is C24H23FN4O2. The highest BCUT2D eigenvalue weighted by molar-refractivity contribution is 5.81. The lowest BCUT2D eigenvalue weighted by Gasteiger charge is -2.32. The Hall–Kier alpha value is -3.35. The lowest BCUT2D eigenvalue weighted by molar-refractivity contribution is -0.133. The number of nitrogens with zero attached hydrogens (tertiary/aromatic N) is 4. The van der Waals surface area contributed by atoms with Crippen LogP contribution in [-0.4, -0.2) is 38.8 Å². The number of carbonyl (C=O) groups is 1. The molecule has 0 bridgehead atoms. The third-order valence-corrected chi connectivity index (χ3v) is 5.83. The molecule has 31 heavy (non-hydrogen) atoms. The molecule has 0 atom stereocenters. The van der Waals surface area contributed by atoms with E-state index < -0.39 is 0 Å². The number of hydrogen-bond acceptors (Lipinski definition) is 5. The minimum atomic E-state index is -0.320. The predicted molar refractivity (Wildman–Crippen MR) is 113 cm³/mol. The van der Waals surface area contributed by atoms with E-state index in [0.717, 1.165) is 50.0 Å². The first kappa shape index (κ1) is 19.6. The molecule has 2 aromatic heterocycles. The quantitative estimate of drug-likeness (QED) is 0.606. The van der Waals surface area contributed by atoms with Crippen molar-refractivity contribution in [1.82, 2.24) is 19.9 Å². The first-order valence-corrected chi connectivity index (χ1v) is 10.7. The number of carbonyl (C=O) groups excluding carboxylic acids is 1. The van der Waals surface area contributed by atoms with Crippen LogP contribution in [-0.2, 0) is 4.79 Å². The second kappa shape index (κ2) is 8.41. The number of hydrogen-bond donors (Lipinski definition) is 0. The summed E-state index contributed by atoms with van der Waals surface area (Å²) in [7, 11) is 0. The van der Waals surface area contributed by atoms with Gasteiger partial charge in [-0.05, 0) is 62.1 Å². The number of halogens is 1. The molecule has 0 unspecified atom stereocenters. The van der Waals surface area contributed by atoms with Crippen LogP contribution in [0.5, 0.6) is 11.6 Å². The molecule has 7 heteroatoms. The van der Waals surface area contributed by atoms with Crippen LogP contribution in [0.4, 0.5) is 4.39 Å². The minimum absolute atomic E-state index is 0.220. The van der Waals surface area contributed by atoms with Crippen LogP contribution in [0.2, 0.25) is 0 Å². The van der Waals surface area contributed by atoms with Crippen molar-refractivity contribution in [3.8, 4) is 23.0 Å². The summed E-state index contributed by atoms with van der Waals surface area (Å²) in [4.78, 5) is 27.9. The Kier molecular flexibility index (Phi) is 5.32. The third kappa shape index (κ3) is 4.55. The lowest BCUT2D eigenvalue weighted by atomic mass is 9.93. The van der Waals surface area contributed by atoms with Crippen LogP contribution in [0.3, 0.4) is 0 Å². The molecule has 1 amide bonds. The molecule has 158 valence electrons. The molecule has 3 heterocycles. The number of amides is 1. The van der Waals surface area contributed by atoms with E-state index >= 15 is 0 Å². The molecule has 1 aliphatic heterocycles. The van der Waals surface area contributed by atoms with Gasteiger partial charge in [-0.15, -0.1) is 0 Å². The summed E-state index contributed by atoms with van der Waals surface area (Å²) >= 11 is 0. The first-order chi connectivity index (χ1) is 15.2. The summed E-state index contributed by atoms with van der Waals surface area (Å²) in [6.07, 6.45) is 7.20. The van der Waals surface area contributed by atoms with E-state index in [2.05, 4.69) is 9.97 Å². The van der Waals surface area contributed by atoms with Crippen molar-refractivity contribution in [3.05, 3.63) is 66.4 Å². The normalized spacial score (nSPS) is 16.9. The minimum Gasteiger partial charge on any atom is -0.439 e. The Morgan fingerprint density at radius 1 is 1.03 bits per heavy atom. The number of rotatable bonds is 5. The van der Waals surface area contributed by atoms with Gasteiger partial charge < -0.3 is 9.64 Å². The highest BCUT2D eigenvalue weighted by Gasteiger charge is 2.35.